The van der Waals surface area contributed by atoms with E-state index in [-0.39, 0.29) is 0 Å². The number of ether oxygens (including phenoxy) is 1. The highest BCUT2D eigenvalue weighted by molar-refractivity contribution is 7.86. The second-order valence-electron chi connectivity index (χ2n) is 7.28. The van der Waals surface area contributed by atoms with Crippen LogP contribution < -0.4 is 0 Å². The van der Waals surface area contributed by atoms with E-state index in [0.29, 0.717) is 20.8 Å². The summed E-state index contributed by atoms with van der Waals surface area (Å²) in [6.07, 6.45) is -6.28. The van der Waals surface area contributed by atoms with Crippen molar-refractivity contribution in [1.82, 2.24) is 0 Å². The van der Waals surface area contributed by atoms with Crippen LogP contribution in [-0.4, -0.2) is 36.1 Å². The molecule has 1 atom stereocenters. The molecule has 0 aliphatic heterocycles. The van der Waals surface area contributed by atoms with E-state index < -0.39 is 44.1 Å². The summed E-state index contributed by atoms with van der Waals surface area (Å²) in [4.78, 5) is 0. The summed E-state index contributed by atoms with van der Waals surface area (Å²) in [5.74, 6) is -9.47. The fourth-order valence-corrected chi connectivity index (χ4v) is 1.90. The lowest BCUT2D eigenvalue weighted by Gasteiger charge is -2.48. The smallest absolute Gasteiger partial charge is 0.281 e. The summed E-state index contributed by atoms with van der Waals surface area (Å²) in [5.41, 5.74) is -4.85. The normalized spacial score (nSPS) is 18.4. The Labute approximate surface area is 135 Å². The van der Waals surface area contributed by atoms with Crippen molar-refractivity contribution in [2.24, 2.45) is 10.8 Å². The van der Waals surface area contributed by atoms with Crippen LogP contribution in [0.2, 0.25) is 0 Å². The zero-order chi connectivity index (χ0) is 20.2. The maximum absolute atomic E-state index is 14.9. The Balaban J connectivity index is 6.41. The van der Waals surface area contributed by atoms with E-state index in [9.17, 15) is 39.2 Å². The lowest BCUT2D eigenvalue weighted by atomic mass is 9.73. The van der Waals surface area contributed by atoms with Crippen molar-refractivity contribution in [3.05, 3.63) is 0 Å². The van der Waals surface area contributed by atoms with Gasteiger partial charge in [-0.05, 0) is 0 Å². The van der Waals surface area contributed by atoms with Crippen LogP contribution in [0.25, 0.3) is 0 Å². The zero-order valence-corrected chi connectivity index (χ0v) is 14.5. The Morgan fingerprint density at radius 3 is 1.29 bits per heavy atom. The third kappa shape index (κ3) is 3.50. The molecule has 0 amide bonds. The molecule has 1 unspecified atom stereocenters. The molecule has 0 aliphatic carbocycles. The molecule has 146 valence electrons. The first-order valence-electron chi connectivity index (χ1n) is 6.45. The first-order chi connectivity index (χ1) is 9.96. The van der Waals surface area contributed by atoms with E-state index in [1.807, 2.05) is 0 Å². The predicted molar refractivity (Wildman–Crippen MR) is 70.2 cm³/mol. The summed E-state index contributed by atoms with van der Waals surface area (Å²) in [6, 6.07) is 0. The molecule has 0 fully saturated rings. The second kappa shape index (κ2) is 5.70. The molecule has 24 heavy (non-hydrogen) atoms. The summed E-state index contributed by atoms with van der Waals surface area (Å²) < 4.78 is 129. The molecule has 0 saturated heterocycles. The Morgan fingerprint density at radius 2 is 1.08 bits per heavy atom. The maximum atomic E-state index is 14.9. The third-order valence-corrected chi connectivity index (χ3v) is 4.13. The standard InChI is InChI=1S/C12H19F7O4S/c1-7(2,3)9(13,14)10(15,8(4,5)6)23-11(16,17)12(18,19)24(20,21)22/h1-6H3,(H,20,21,22). The van der Waals surface area contributed by atoms with Crippen molar-refractivity contribution in [2.45, 2.75) is 64.7 Å². The van der Waals surface area contributed by atoms with Gasteiger partial charge in [0.25, 0.3) is 5.85 Å². The lowest BCUT2D eigenvalue weighted by molar-refractivity contribution is -0.451. The monoisotopic (exact) mass is 392 g/mol. The van der Waals surface area contributed by atoms with E-state index in [2.05, 4.69) is 4.74 Å². The van der Waals surface area contributed by atoms with Crippen LogP contribution in [0.1, 0.15) is 41.5 Å². The highest BCUT2D eigenvalue weighted by atomic mass is 32.2. The topological polar surface area (TPSA) is 63.6 Å². The van der Waals surface area contributed by atoms with Gasteiger partial charge in [0.15, 0.2) is 0 Å². The molecule has 12 heteroatoms. The van der Waals surface area contributed by atoms with Crippen molar-refractivity contribution in [1.29, 1.82) is 0 Å². The van der Waals surface area contributed by atoms with Crippen molar-refractivity contribution in [3.8, 4) is 0 Å². The van der Waals surface area contributed by atoms with Crippen molar-refractivity contribution < 1.29 is 48.4 Å². The highest BCUT2D eigenvalue weighted by Crippen LogP contribution is 2.57. The van der Waals surface area contributed by atoms with Gasteiger partial charge in [0.1, 0.15) is 0 Å². The minimum atomic E-state index is -6.78. The van der Waals surface area contributed by atoms with Gasteiger partial charge in [-0.1, -0.05) is 41.5 Å². The fourth-order valence-electron chi connectivity index (χ4n) is 1.56. The van der Waals surface area contributed by atoms with E-state index in [4.69, 9.17) is 4.55 Å². The molecule has 0 spiro atoms. The molecule has 0 aromatic rings. The number of alkyl halides is 7. The van der Waals surface area contributed by atoms with Crippen LogP contribution in [0.5, 0.6) is 0 Å². The molecule has 0 bridgehead atoms. The van der Waals surface area contributed by atoms with Crippen molar-refractivity contribution in [2.75, 3.05) is 0 Å². The molecule has 1 N–H and O–H groups in total. The molecular weight excluding hydrogens is 373 g/mol. The minimum absolute atomic E-state index is 0.675. The summed E-state index contributed by atoms with van der Waals surface area (Å²) in [6.45, 7) is 4.26. The molecule has 0 aromatic heterocycles. The minimum Gasteiger partial charge on any atom is -0.281 e. The summed E-state index contributed by atoms with van der Waals surface area (Å²) in [7, 11) is -6.78. The average Bonchev–Trinajstić information content (AvgIpc) is 2.22. The first kappa shape index (κ1) is 23.4. The lowest BCUT2D eigenvalue weighted by Crippen LogP contribution is -2.65. The van der Waals surface area contributed by atoms with Crippen molar-refractivity contribution in [3.63, 3.8) is 0 Å². The quantitative estimate of drug-likeness (QED) is 0.554. The van der Waals surface area contributed by atoms with Gasteiger partial charge >= 0.3 is 27.4 Å². The highest BCUT2D eigenvalue weighted by Gasteiger charge is 2.76. The van der Waals surface area contributed by atoms with Gasteiger partial charge in [0.2, 0.25) is 0 Å². The number of hydrogen-bond donors (Lipinski definition) is 1. The van der Waals surface area contributed by atoms with E-state index in [0.717, 1.165) is 20.8 Å². The first-order valence-corrected chi connectivity index (χ1v) is 7.89. The van der Waals surface area contributed by atoms with Gasteiger partial charge < -0.3 is 0 Å². The number of rotatable bonds is 5. The van der Waals surface area contributed by atoms with Crippen LogP contribution in [0, 0.1) is 10.8 Å². The molecule has 0 aromatic carbocycles. The van der Waals surface area contributed by atoms with Gasteiger partial charge in [-0.15, -0.1) is 0 Å². The molecule has 0 aliphatic rings. The molecule has 0 heterocycles. The number of hydrogen-bond acceptors (Lipinski definition) is 3. The molecule has 0 radical (unpaired) electrons. The predicted octanol–water partition coefficient (Wildman–Crippen LogP) is 4.47. The largest absolute Gasteiger partial charge is 0.460 e. The van der Waals surface area contributed by atoms with Gasteiger partial charge in [0, 0.05) is 10.8 Å². The maximum Gasteiger partial charge on any atom is 0.460 e. The molecule has 4 nitrogen and oxygen atoms in total. The fraction of sp³-hybridized carbons (Fsp3) is 1.00. The molecule has 0 saturated carbocycles. The number of halogens is 7. The summed E-state index contributed by atoms with van der Waals surface area (Å²) in [5, 5.41) is -6.35. The van der Waals surface area contributed by atoms with E-state index in [1.165, 1.54) is 0 Å². The SMILES string of the molecule is CC(C)(C)C(F)(F)C(F)(OC(F)(F)C(F)(F)S(=O)(=O)O)C(C)(C)C. The van der Waals surface area contributed by atoms with Gasteiger partial charge in [-0.2, -0.15) is 34.8 Å². The van der Waals surface area contributed by atoms with Crippen molar-refractivity contribution >= 4 is 10.1 Å². The summed E-state index contributed by atoms with van der Waals surface area (Å²) >= 11 is 0. The van der Waals surface area contributed by atoms with E-state index in [1.54, 1.807) is 0 Å². The van der Waals surface area contributed by atoms with Crippen LogP contribution in [0.4, 0.5) is 30.7 Å². The average molecular weight is 392 g/mol. The van der Waals surface area contributed by atoms with Crippen LogP contribution in [0.15, 0.2) is 0 Å². The zero-order valence-electron chi connectivity index (χ0n) is 13.7. The van der Waals surface area contributed by atoms with Crippen LogP contribution in [-0.2, 0) is 14.9 Å². The van der Waals surface area contributed by atoms with E-state index >= 15 is 0 Å². The van der Waals surface area contributed by atoms with Gasteiger partial charge in [-0.25, -0.2) is 4.39 Å². The Morgan fingerprint density at radius 1 is 0.750 bits per heavy atom. The second-order valence-corrected chi connectivity index (χ2v) is 8.74. The molecule has 0 rings (SSSR count). The Kier molecular flexibility index (Phi) is 5.55. The van der Waals surface area contributed by atoms with Gasteiger partial charge in [-0.3, -0.25) is 9.29 Å². The van der Waals surface area contributed by atoms with Crippen LogP contribution in [0.3, 0.4) is 0 Å². The third-order valence-electron chi connectivity index (χ3n) is 3.24. The Hall–Kier alpha value is -0.620. The van der Waals surface area contributed by atoms with Crippen LogP contribution >= 0.6 is 0 Å². The van der Waals surface area contributed by atoms with Gasteiger partial charge in [0.05, 0.1) is 0 Å². The molecular formula is C12H19F7O4S. The Bertz CT molecular complexity index is 575.